The van der Waals surface area contributed by atoms with Gasteiger partial charge in [0.05, 0.1) is 23.9 Å². The first-order valence-electron chi connectivity index (χ1n) is 8.26. The molecule has 2 aromatic rings. The molecule has 1 heterocycles. The Hall–Kier alpha value is -3.07. The third-order valence-corrected chi connectivity index (χ3v) is 3.96. The van der Waals surface area contributed by atoms with E-state index >= 15 is 0 Å². The molecule has 0 radical (unpaired) electrons. The van der Waals surface area contributed by atoms with Gasteiger partial charge in [-0.25, -0.2) is 4.39 Å². The van der Waals surface area contributed by atoms with Crippen LogP contribution in [0, 0.1) is 5.82 Å². The number of fused-ring (bicyclic) bond motifs is 1. The topological polar surface area (TPSA) is 70.6 Å². The van der Waals surface area contributed by atoms with Crippen molar-refractivity contribution in [2.45, 2.75) is 12.2 Å². The van der Waals surface area contributed by atoms with Crippen molar-refractivity contribution >= 4 is 23.4 Å². The third-order valence-electron chi connectivity index (χ3n) is 3.96. The summed E-state index contributed by atoms with van der Waals surface area (Å²) < 4.78 is 56.2. The zero-order valence-corrected chi connectivity index (χ0v) is 14.4. The van der Waals surface area contributed by atoms with Crippen molar-refractivity contribution in [2.24, 2.45) is 0 Å². The Bertz CT molecular complexity index is 913. The van der Waals surface area contributed by atoms with Crippen LogP contribution in [0.1, 0.15) is 15.9 Å². The minimum absolute atomic E-state index is 0.00991. The van der Waals surface area contributed by atoms with E-state index in [1.807, 2.05) is 0 Å². The fourth-order valence-electron chi connectivity index (χ4n) is 2.60. The number of allylic oxidation sites excluding steroid dienone is 1. The number of halogens is 4. The largest absolute Gasteiger partial charge is 0.489 e. The van der Waals surface area contributed by atoms with Crippen LogP contribution < -0.4 is 15.4 Å². The van der Waals surface area contributed by atoms with Gasteiger partial charge in [0.25, 0.3) is 5.91 Å². The van der Waals surface area contributed by atoms with Crippen molar-refractivity contribution in [2.75, 3.05) is 23.8 Å². The molecule has 28 heavy (non-hydrogen) atoms. The number of ether oxygens (including phenoxy) is 1. The summed E-state index contributed by atoms with van der Waals surface area (Å²) in [5, 5.41) is 14.7. The fraction of sp³-hybridized carbons (Fsp3) is 0.211. The highest BCUT2D eigenvalue weighted by molar-refractivity contribution is 6.04. The van der Waals surface area contributed by atoms with Gasteiger partial charge >= 0.3 is 6.18 Å². The number of alkyl halides is 3. The van der Waals surface area contributed by atoms with Gasteiger partial charge < -0.3 is 20.5 Å². The normalized spacial score (nSPS) is 16.2. The van der Waals surface area contributed by atoms with E-state index in [1.165, 1.54) is 6.07 Å². The van der Waals surface area contributed by atoms with E-state index in [4.69, 9.17) is 9.84 Å². The number of rotatable bonds is 4. The van der Waals surface area contributed by atoms with Gasteiger partial charge in [-0.3, -0.25) is 4.79 Å². The number of hydrogen-bond donors (Lipinski definition) is 3. The number of hydrogen-bond acceptors (Lipinski definition) is 4. The predicted octanol–water partition coefficient (Wildman–Crippen LogP) is 3.82. The van der Waals surface area contributed by atoms with E-state index in [9.17, 15) is 22.4 Å². The summed E-state index contributed by atoms with van der Waals surface area (Å²) in [7, 11) is 0. The molecule has 1 atom stereocenters. The van der Waals surface area contributed by atoms with Gasteiger partial charge in [-0.15, -0.1) is 0 Å². The van der Waals surface area contributed by atoms with Gasteiger partial charge in [-0.05, 0) is 35.9 Å². The Morgan fingerprint density at radius 1 is 1.29 bits per heavy atom. The molecule has 1 aliphatic rings. The lowest BCUT2D eigenvalue weighted by Gasteiger charge is -2.26. The molecule has 3 N–H and O–H groups in total. The summed E-state index contributed by atoms with van der Waals surface area (Å²) in [6.07, 6.45) is -3.80. The van der Waals surface area contributed by atoms with Gasteiger partial charge in [-0.1, -0.05) is 6.07 Å². The second-order valence-electron chi connectivity index (χ2n) is 6.11. The number of aliphatic hydroxyl groups excluding tert-OH is 1. The number of nitrogens with one attached hydrogen (secondary N) is 2. The van der Waals surface area contributed by atoms with Crippen molar-refractivity contribution in [3.8, 4) is 5.75 Å². The van der Waals surface area contributed by atoms with E-state index < -0.39 is 17.9 Å². The lowest BCUT2D eigenvalue weighted by Crippen LogP contribution is -2.34. The lowest BCUT2D eigenvalue weighted by atomic mass is 10.1. The molecule has 1 amide bonds. The van der Waals surface area contributed by atoms with Gasteiger partial charge in [0.1, 0.15) is 18.2 Å². The third kappa shape index (κ3) is 4.80. The van der Waals surface area contributed by atoms with Crippen molar-refractivity contribution < 1.29 is 32.2 Å². The zero-order valence-electron chi connectivity index (χ0n) is 14.4. The average molecular weight is 396 g/mol. The van der Waals surface area contributed by atoms with Crippen LogP contribution in [-0.4, -0.2) is 36.4 Å². The molecule has 1 unspecified atom stereocenters. The van der Waals surface area contributed by atoms with E-state index in [-0.39, 0.29) is 36.5 Å². The molecule has 3 rings (SSSR count). The van der Waals surface area contributed by atoms with Crippen molar-refractivity contribution in [3.05, 3.63) is 59.4 Å². The summed E-state index contributed by atoms with van der Waals surface area (Å²) in [5.41, 5.74) is 0.683. The Balaban J connectivity index is 1.72. The highest BCUT2D eigenvalue weighted by atomic mass is 19.4. The first-order chi connectivity index (χ1) is 13.2. The highest BCUT2D eigenvalue weighted by Crippen LogP contribution is 2.32. The second-order valence-corrected chi connectivity index (χ2v) is 6.11. The summed E-state index contributed by atoms with van der Waals surface area (Å²) in [6, 6.07) is 7.72. The van der Waals surface area contributed by atoms with Crippen LogP contribution in [0.25, 0.3) is 6.08 Å². The van der Waals surface area contributed by atoms with Gasteiger partial charge in [-0.2, -0.15) is 13.2 Å². The Kier molecular flexibility index (Phi) is 5.55. The smallest absolute Gasteiger partial charge is 0.409 e. The number of carbonyl (C=O) groups is 1. The van der Waals surface area contributed by atoms with Crippen LogP contribution in [0.4, 0.5) is 28.9 Å². The van der Waals surface area contributed by atoms with Crippen LogP contribution in [0.2, 0.25) is 0 Å². The first-order valence-corrected chi connectivity index (χ1v) is 8.26. The molecular weight excluding hydrogens is 380 g/mol. The van der Waals surface area contributed by atoms with Crippen LogP contribution >= 0.6 is 0 Å². The van der Waals surface area contributed by atoms with Gasteiger partial charge in [0.15, 0.2) is 0 Å². The number of amides is 1. The minimum Gasteiger partial charge on any atom is -0.489 e. The molecule has 0 bridgehead atoms. The van der Waals surface area contributed by atoms with Gasteiger partial charge in [0.2, 0.25) is 0 Å². The Labute approximate surface area is 157 Å². The quantitative estimate of drug-likeness (QED) is 0.688. The molecule has 0 spiro atoms. The number of benzene rings is 2. The zero-order chi connectivity index (χ0) is 20.3. The summed E-state index contributed by atoms with van der Waals surface area (Å²) in [4.78, 5) is 12.3. The SMILES string of the molecule is O=C(Nc1ccc2c(c1)OCC(CO)N2)c1ccc(/C=C/C(F)(F)F)cc1F. The molecule has 0 aromatic heterocycles. The summed E-state index contributed by atoms with van der Waals surface area (Å²) >= 11 is 0. The number of anilines is 2. The maximum absolute atomic E-state index is 14.1. The number of carbonyl (C=O) groups excluding carboxylic acids is 1. The van der Waals surface area contributed by atoms with Crippen molar-refractivity contribution in [1.29, 1.82) is 0 Å². The minimum atomic E-state index is -4.51. The molecule has 0 saturated carbocycles. The maximum atomic E-state index is 14.1. The Morgan fingerprint density at radius 3 is 2.75 bits per heavy atom. The Morgan fingerprint density at radius 2 is 2.07 bits per heavy atom. The average Bonchev–Trinajstić information content (AvgIpc) is 2.65. The van der Waals surface area contributed by atoms with E-state index in [0.717, 1.165) is 18.2 Å². The van der Waals surface area contributed by atoms with E-state index in [2.05, 4.69) is 10.6 Å². The molecule has 0 saturated heterocycles. The molecule has 0 fully saturated rings. The van der Waals surface area contributed by atoms with Crippen molar-refractivity contribution in [3.63, 3.8) is 0 Å². The molecule has 2 aromatic carbocycles. The number of aliphatic hydroxyl groups is 1. The highest BCUT2D eigenvalue weighted by Gasteiger charge is 2.22. The van der Waals surface area contributed by atoms with E-state index in [1.54, 1.807) is 18.2 Å². The van der Waals surface area contributed by atoms with E-state index in [0.29, 0.717) is 17.1 Å². The lowest BCUT2D eigenvalue weighted by molar-refractivity contribution is -0.0790. The summed E-state index contributed by atoms with van der Waals surface area (Å²) in [6.45, 7) is 0.161. The summed E-state index contributed by atoms with van der Waals surface area (Å²) in [5.74, 6) is -1.22. The van der Waals surface area contributed by atoms with Gasteiger partial charge in [0, 0.05) is 17.8 Å². The van der Waals surface area contributed by atoms with Crippen LogP contribution in [0.5, 0.6) is 5.75 Å². The molecule has 148 valence electrons. The molecule has 0 aliphatic carbocycles. The standard InChI is InChI=1S/C19H16F4N2O3/c20-15-7-11(5-6-19(21,22)23)1-3-14(15)18(27)25-12-2-4-16-17(8-12)28-10-13(9-26)24-16/h1-8,13,24,26H,9-10H2,(H,25,27)/b6-5+. The van der Waals surface area contributed by atoms with Crippen LogP contribution in [0.15, 0.2) is 42.5 Å². The fourth-order valence-corrected chi connectivity index (χ4v) is 2.60. The molecule has 1 aliphatic heterocycles. The maximum Gasteiger partial charge on any atom is 0.409 e. The monoisotopic (exact) mass is 396 g/mol. The van der Waals surface area contributed by atoms with Crippen LogP contribution in [-0.2, 0) is 0 Å². The molecular formula is C19H16F4N2O3. The molecule has 5 nitrogen and oxygen atoms in total. The molecule has 9 heteroatoms. The second kappa shape index (κ2) is 7.89. The van der Waals surface area contributed by atoms with Crippen LogP contribution in [0.3, 0.4) is 0 Å². The first kappa shape index (κ1) is 19.7. The van der Waals surface area contributed by atoms with Crippen molar-refractivity contribution in [1.82, 2.24) is 0 Å². The predicted molar refractivity (Wildman–Crippen MR) is 95.9 cm³/mol.